The molecule has 2 heterocycles. The molecule has 25 heavy (non-hydrogen) atoms. The third-order valence-corrected chi connectivity index (χ3v) is 6.30. The number of nitrogens with zero attached hydrogens (tertiary/aromatic N) is 1. The van der Waals surface area contributed by atoms with Crippen molar-refractivity contribution in [1.29, 1.82) is 0 Å². The van der Waals surface area contributed by atoms with Crippen LogP contribution in [0.2, 0.25) is 0 Å². The van der Waals surface area contributed by atoms with Gasteiger partial charge in [-0.05, 0) is 35.7 Å². The highest BCUT2D eigenvalue weighted by Crippen LogP contribution is 2.24. The number of nitrogens with one attached hydrogen (secondary N) is 1. The number of carbonyl (C=O) groups excluding carboxylic acids is 1. The van der Waals surface area contributed by atoms with E-state index in [-0.39, 0.29) is 23.2 Å². The maximum absolute atomic E-state index is 13.0. The average Bonchev–Trinajstić information content (AvgIpc) is 3.25. The molecule has 1 amide bonds. The Hall–Kier alpha value is -1.90. The van der Waals surface area contributed by atoms with E-state index in [0.29, 0.717) is 12.2 Å². The average molecular weight is 395 g/mol. The van der Waals surface area contributed by atoms with Crippen molar-refractivity contribution < 1.29 is 13.4 Å². The molecule has 4 nitrogen and oxygen atoms in total. The number of rotatable bonds is 7. The molecule has 0 radical (unpaired) electrons. The zero-order valence-electron chi connectivity index (χ0n) is 13.1. The van der Waals surface area contributed by atoms with Crippen LogP contribution in [0.5, 0.6) is 0 Å². The first-order valence-electron chi connectivity index (χ1n) is 7.44. The van der Waals surface area contributed by atoms with E-state index in [4.69, 9.17) is 0 Å². The second-order valence-corrected chi connectivity index (χ2v) is 8.58. The Morgan fingerprint density at radius 2 is 2.00 bits per heavy atom. The summed E-state index contributed by atoms with van der Waals surface area (Å²) >= 11 is 2.98. The Labute approximate surface area is 155 Å². The third-order valence-electron chi connectivity index (χ3n) is 3.28. The normalized spacial score (nSPS) is 12.0. The van der Waals surface area contributed by atoms with Gasteiger partial charge in [-0.1, -0.05) is 6.07 Å². The molecule has 0 unspecified atom stereocenters. The molecule has 130 valence electrons. The molecule has 3 aromatic rings. The van der Waals surface area contributed by atoms with Gasteiger partial charge in [-0.2, -0.15) is 0 Å². The van der Waals surface area contributed by atoms with Crippen LogP contribution in [-0.2, 0) is 27.9 Å². The number of aromatic nitrogens is 1. The summed E-state index contributed by atoms with van der Waals surface area (Å²) < 4.78 is 25.1. The fourth-order valence-electron chi connectivity index (χ4n) is 2.11. The van der Waals surface area contributed by atoms with Crippen LogP contribution in [-0.4, -0.2) is 20.9 Å². The molecule has 2 aromatic heterocycles. The summed E-state index contributed by atoms with van der Waals surface area (Å²) in [5.41, 5.74) is 1.49. The molecule has 0 spiro atoms. The van der Waals surface area contributed by atoms with E-state index in [1.54, 1.807) is 23.5 Å². The first-order chi connectivity index (χ1) is 12.1. The molecule has 0 fully saturated rings. The van der Waals surface area contributed by atoms with Gasteiger partial charge in [0.2, 0.25) is 5.91 Å². The summed E-state index contributed by atoms with van der Waals surface area (Å²) in [5, 5.41) is 7.27. The number of hydrogen-bond donors (Lipinski definition) is 1. The van der Waals surface area contributed by atoms with E-state index in [1.807, 2.05) is 22.9 Å². The van der Waals surface area contributed by atoms with E-state index in [0.717, 1.165) is 15.4 Å². The zero-order valence-corrected chi connectivity index (χ0v) is 15.6. The predicted molar refractivity (Wildman–Crippen MR) is 100 cm³/mol. The van der Waals surface area contributed by atoms with Crippen molar-refractivity contribution in [3.63, 3.8) is 0 Å². The Bertz CT molecular complexity index is 860. The standard InChI is InChI=1S/C17H15FN2O2S3/c18-13-5-3-12(4-6-13)17-20-14(9-24-17)10-25(22)11-16(21)19-8-15-2-1-7-23-15/h1-7,9H,8,10-11H2,(H,19,21)/t25-/m1/s1. The molecule has 3 rings (SSSR count). The number of thiophene rings is 1. The van der Waals surface area contributed by atoms with Crippen molar-refractivity contribution >= 4 is 39.4 Å². The lowest BCUT2D eigenvalue weighted by molar-refractivity contribution is -0.118. The van der Waals surface area contributed by atoms with Crippen molar-refractivity contribution in [1.82, 2.24) is 10.3 Å². The second-order valence-electron chi connectivity index (χ2n) is 5.24. The Morgan fingerprint density at radius 3 is 2.72 bits per heavy atom. The maximum Gasteiger partial charge on any atom is 0.232 e. The Kier molecular flexibility index (Phi) is 6.06. The second kappa shape index (κ2) is 8.46. The van der Waals surface area contributed by atoms with Crippen LogP contribution in [0.25, 0.3) is 10.6 Å². The van der Waals surface area contributed by atoms with Gasteiger partial charge < -0.3 is 5.32 Å². The predicted octanol–water partition coefficient (Wildman–Crippen LogP) is 3.58. The largest absolute Gasteiger partial charge is 0.350 e. The molecule has 1 aromatic carbocycles. The van der Waals surface area contributed by atoms with Crippen LogP contribution in [0.1, 0.15) is 10.6 Å². The lowest BCUT2D eigenvalue weighted by atomic mass is 10.2. The monoisotopic (exact) mass is 394 g/mol. The molecule has 0 saturated heterocycles. The van der Waals surface area contributed by atoms with Gasteiger partial charge >= 0.3 is 0 Å². The van der Waals surface area contributed by atoms with Gasteiger partial charge in [-0.25, -0.2) is 9.37 Å². The van der Waals surface area contributed by atoms with Gasteiger partial charge in [0.15, 0.2) is 0 Å². The number of thiazole rings is 1. The summed E-state index contributed by atoms with van der Waals surface area (Å²) in [6, 6.07) is 9.94. The van der Waals surface area contributed by atoms with Crippen molar-refractivity contribution in [2.24, 2.45) is 0 Å². The molecule has 0 saturated carbocycles. The minimum Gasteiger partial charge on any atom is -0.350 e. The Balaban J connectivity index is 1.51. The summed E-state index contributed by atoms with van der Waals surface area (Å²) in [4.78, 5) is 17.3. The van der Waals surface area contributed by atoms with E-state index >= 15 is 0 Å². The molecule has 0 aliphatic rings. The van der Waals surface area contributed by atoms with Gasteiger partial charge in [0.25, 0.3) is 0 Å². The van der Waals surface area contributed by atoms with Crippen LogP contribution in [0.3, 0.4) is 0 Å². The molecular weight excluding hydrogens is 379 g/mol. The molecule has 8 heteroatoms. The number of carbonyl (C=O) groups is 1. The van der Waals surface area contributed by atoms with Crippen LogP contribution < -0.4 is 5.32 Å². The highest BCUT2D eigenvalue weighted by atomic mass is 32.2. The number of hydrogen-bond acceptors (Lipinski definition) is 5. The molecule has 1 N–H and O–H groups in total. The topological polar surface area (TPSA) is 59.1 Å². The number of halogens is 1. The van der Waals surface area contributed by atoms with E-state index < -0.39 is 10.8 Å². The number of amides is 1. The molecular formula is C17H15FN2O2S3. The molecule has 0 aliphatic heterocycles. The first kappa shape index (κ1) is 17.9. The van der Waals surface area contributed by atoms with Crippen LogP contribution >= 0.6 is 22.7 Å². The summed E-state index contributed by atoms with van der Waals surface area (Å²) in [7, 11) is -1.32. The summed E-state index contributed by atoms with van der Waals surface area (Å²) in [6.07, 6.45) is 0. The first-order valence-corrected chi connectivity index (χ1v) is 10.7. The van der Waals surface area contributed by atoms with Crippen LogP contribution in [0.4, 0.5) is 4.39 Å². The van der Waals surface area contributed by atoms with Crippen molar-refractivity contribution in [2.45, 2.75) is 12.3 Å². The SMILES string of the molecule is O=C(C[S@](=O)Cc1csc(-c2ccc(F)cc2)n1)NCc1cccs1. The van der Waals surface area contributed by atoms with Gasteiger partial charge in [-0.15, -0.1) is 22.7 Å². The summed E-state index contributed by atoms with van der Waals surface area (Å²) in [5.74, 6) is -0.352. The molecule has 0 bridgehead atoms. The number of benzene rings is 1. The third kappa shape index (κ3) is 5.29. The fourth-order valence-corrected chi connectivity index (χ4v) is 4.66. The van der Waals surface area contributed by atoms with Gasteiger partial charge in [-0.3, -0.25) is 9.00 Å². The quantitative estimate of drug-likeness (QED) is 0.666. The van der Waals surface area contributed by atoms with Crippen molar-refractivity contribution in [3.05, 3.63) is 63.5 Å². The van der Waals surface area contributed by atoms with Gasteiger partial charge in [0, 0.05) is 26.6 Å². The Morgan fingerprint density at radius 1 is 1.20 bits per heavy atom. The zero-order chi connectivity index (χ0) is 17.6. The van der Waals surface area contributed by atoms with Crippen molar-refractivity contribution in [2.75, 3.05) is 5.75 Å². The maximum atomic E-state index is 13.0. The minimum absolute atomic E-state index is 0.0468. The minimum atomic E-state index is -1.32. The molecule has 0 aliphatic carbocycles. The lowest BCUT2D eigenvalue weighted by Crippen LogP contribution is -2.27. The van der Waals surface area contributed by atoms with Gasteiger partial charge in [0.1, 0.15) is 16.6 Å². The smallest absolute Gasteiger partial charge is 0.232 e. The molecule has 1 atom stereocenters. The van der Waals surface area contributed by atoms with Crippen LogP contribution in [0, 0.1) is 5.82 Å². The van der Waals surface area contributed by atoms with E-state index in [2.05, 4.69) is 10.3 Å². The highest BCUT2D eigenvalue weighted by Gasteiger charge is 2.12. The van der Waals surface area contributed by atoms with E-state index in [1.165, 1.54) is 23.5 Å². The fraction of sp³-hybridized carbons (Fsp3) is 0.176. The van der Waals surface area contributed by atoms with Gasteiger partial charge in [0.05, 0.1) is 18.0 Å². The van der Waals surface area contributed by atoms with Crippen LogP contribution in [0.15, 0.2) is 47.2 Å². The van der Waals surface area contributed by atoms with Crippen molar-refractivity contribution in [3.8, 4) is 10.6 Å². The highest BCUT2D eigenvalue weighted by molar-refractivity contribution is 7.84. The summed E-state index contributed by atoms with van der Waals surface area (Å²) in [6.45, 7) is 0.457. The lowest BCUT2D eigenvalue weighted by Gasteiger charge is -2.03. The van der Waals surface area contributed by atoms with E-state index in [9.17, 15) is 13.4 Å².